The van der Waals surface area contributed by atoms with E-state index in [0.29, 0.717) is 18.1 Å². The van der Waals surface area contributed by atoms with Gasteiger partial charge in [-0.1, -0.05) is 18.2 Å². The predicted molar refractivity (Wildman–Crippen MR) is 88.6 cm³/mol. The molecule has 3 aliphatic rings. The van der Waals surface area contributed by atoms with Gasteiger partial charge in [0.1, 0.15) is 0 Å². The molecule has 1 N–H and O–H groups in total. The smallest absolute Gasteiger partial charge is 0.277 e. The fourth-order valence-electron chi connectivity index (χ4n) is 4.60. The standard InChI is InChI=1S/C17H18N4O2/c22-21(23)16-6-5-15(12-3-1-2-4-13(12)16)19-9-17-14-7-11(8-18-14)20(17)10-19/h1-6,11,14,17-18H,7-10H2. The van der Waals surface area contributed by atoms with Gasteiger partial charge in [-0.15, -0.1) is 0 Å². The highest BCUT2D eigenvalue weighted by molar-refractivity contribution is 6.00. The first-order valence-corrected chi connectivity index (χ1v) is 8.12. The fraction of sp³-hybridized carbons (Fsp3) is 0.412. The normalized spacial score (nSPS) is 29.4. The number of non-ortho nitro benzene ring substituents is 1. The summed E-state index contributed by atoms with van der Waals surface area (Å²) in [5.74, 6) is 0. The number of hydrogen-bond acceptors (Lipinski definition) is 5. The van der Waals surface area contributed by atoms with Gasteiger partial charge in [-0.05, 0) is 18.6 Å². The molecule has 0 spiro atoms. The first kappa shape index (κ1) is 13.3. The summed E-state index contributed by atoms with van der Waals surface area (Å²) in [5, 5.41) is 16.6. The molecule has 3 heterocycles. The molecule has 2 aromatic rings. The lowest BCUT2D eigenvalue weighted by atomic mass is 10.1. The first-order chi connectivity index (χ1) is 11.2. The Hall–Kier alpha value is -2.18. The SMILES string of the molecule is O=[N+]([O-])c1ccc(N2CC3C4CC(CN4)N3C2)c2ccccc12. The fourth-order valence-corrected chi connectivity index (χ4v) is 4.60. The summed E-state index contributed by atoms with van der Waals surface area (Å²) in [6.07, 6.45) is 1.26. The molecule has 2 aromatic carbocycles. The number of benzene rings is 2. The van der Waals surface area contributed by atoms with E-state index in [9.17, 15) is 10.1 Å². The molecule has 6 heteroatoms. The summed E-state index contributed by atoms with van der Waals surface area (Å²) in [6.45, 7) is 3.02. The van der Waals surface area contributed by atoms with Crippen molar-refractivity contribution in [1.29, 1.82) is 0 Å². The molecule has 23 heavy (non-hydrogen) atoms. The zero-order valence-electron chi connectivity index (χ0n) is 12.7. The Morgan fingerprint density at radius 1 is 1.17 bits per heavy atom. The van der Waals surface area contributed by atoms with E-state index < -0.39 is 0 Å². The van der Waals surface area contributed by atoms with Crippen LogP contribution in [0.15, 0.2) is 36.4 Å². The summed E-state index contributed by atoms with van der Waals surface area (Å²) >= 11 is 0. The van der Waals surface area contributed by atoms with Gasteiger partial charge in [0.05, 0.1) is 17.0 Å². The molecule has 6 nitrogen and oxygen atoms in total. The molecule has 0 aromatic heterocycles. The number of nitrogens with one attached hydrogen (secondary N) is 1. The van der Waals surface area contributed by atoms with Gasteiger partial charge in [0, 0.05) is 48.4 Å². The van der Waals surface area contributed by atoms with Gasteiger partial charge < -0.3 is 10.2 Å². The van der Waals surface area contributed by atoms with Crippen molar-refractivity contribution < 1.29 is 4.92 Å². The van der Waals surface area contributed by atoms with Crippen molar-refractivity contribution in [3.05, 3.63) is 46.5 Å². The van der Waals surface area contributed by atoms with Crippen LogP contribution >= 0.6 is 0 Å². The molecule has 0 amide bonds. The third kappa shape index (κ3) is 1.82. The number of fused-ring (bicyclic) bond motifs is 6. The lowest BCUT2D eigenvalue weighted by molar-refractivity contribution is -0.383. The molecule has 3 unspecified atom stereocenters. The maximum atomic E-state index is 11.3. The van der Waals surface area contributed by atoms with E-state index in [1.165, 1.54) is 6.42 Å². The Labute approximate surface area is 133 Å². The Morgan fingerprint density at radius 3 is 2.78 bits per heavy atom. The van der Waals surface area contributed by atoms with E-state index >= 15 is 0 Å². The number of nitro benzene ring substituents is 1. The maximum Gasteiger partial charge on any atom is 0.277 e. The van der Waals surface area contributed by atoms with Crippen molar-refractivity contribution >= 4 is 22.1 Å². The van der Waals surface area contributed by atoms with Gasteiger partial charge in [-0.2, -0.15) is 0 Å². The van der Waals surface area contributed by atoms with Gasteiger partial charge in [0.15, 0.2) is 0 Å². The summed E-state index contributed by atoms with van der Waals surface area (Å²) in [7, 11) is 0. The highest BCUT2D eigenvalue weighted by atomic mass is 16.6. The van der Waals surface area contributed by atoms with Crippen molar-refractivity contribution in [2.24, 2.45) is 0 Å². The molecule has 3 fully saturated rings. The molecule has 5 rings (SSSR count). The molecule has 3 saturated heterocycles. The van der Waals surface area contributed by atoms with Crippen LogP contribution in [0.25, 0.3) is 10.8 Å². The van der Waals surface area contributed by atoms with Crippen LogP contribution in [-0.4, -0.2) is 47.7 Å². The van der Waals surface area contributed by atoms with E-state index in [2.05, 4.69) is 15.1 Å². The third-order valence-electron chi connectivity index (χ3n) is 5.66. The van der Waals surface area contributed by atoms with Crippen molar-refractivity contribution in [2.45, 2.75) is 24.5 Å². The van der Waals surface area contributed by atoms with Crippen LogP contribution in [0.3, 0.4) is 0 Å². The van der Waals surface area contributed by atoms with Crippen molar-refractivity contribution in [2.75, 3.05) is 24.7 Å². The van der Waals surface area contributed by atoms with E-state index in [-0.39, 0.29) is 10.6 Å². The second kappa shape index (κ2) is 4.66. The molecule has 118 valence electrons. The van der Waals surface area contributed by atoms with Gasteiger partial charge in [-0.25, -0.2) is 0 Å². The second-order valence-electron chi connectivity index (χ2n) is 6.76. The van der Waals surface area contributed by atoms with E-state index in [0.717, 1.165) is 36.2 Å². The minimum atomic E-state index is -0.293. The molecule has 0 saturated carbocycles. The average molecular weight is 310 g/mol. The zero-order chi connectivity index (χ0) is 15.6. The molecular weight excluding hydrogens is 292 g/mol. The van der Waals surface area contributed by atoms with Crippen LogP contribution in [0.1, 0.15) is 6.42 Å². The lowest BCUT2D eigenvalue weighted by Crippen LogP contribution is -2.48. The van der Waals surface area contributed by atoms with Crippen LogP contribution in [0.5, 0.6) is 0 Å². The predicted octanol–water partition coefficient (Wildman–Crippen LogP) is 1.94. The monoisotopic (exact) mass is 310 g/mol. The van der Waals surface area contributed by atoms with E-state index in [4.69, 9.17) is 0 Å². The third-order valence-corrected chi connectivity index (χ3v) is 5.66. The molecule has 0 aliphatic carbocycles. The summed E-state index contributed by atoms with van der Waals surface area (Å²) in [4.78, 5) is 16.0. The number of hydrogen-bond donors (Lipinski definition) is 1. The van der Waals surface area contributed by atoms with Crippen LogP contribution in [0.4, 0.5) is 11.4 Å². The number of piperazine rings is 1. The quantitative estimate of drug-likeness (QED) is 0.678. The van der Waals surface area contributed by atoms with Crippen LogP contribution in [-0.2, 0) is 0 Å². The minimum absolute atomic E-state index is 0.186. The molecule has 2 bridgehead atoms. The summed E-state index contributed by atoms with van der Waals surface area (Å²) < 4.78 is 0. The Kier molecular flexibility index (Phi) is 2.69. The Morgan fingerprint density at radius 2 is 2.00 bits per heavy atom. The highest BCUT2D eigenvalue weighted by Crippen LogP contribution is 2.39. The van der Waals surface area contributed by atoms with Crippen molar-refractivity contribution in [1.82, 2.24) is 10.2 Å². The van der Waals surface area contributed by atoms with Gasteiger partial charge in [0.25, 0.3) is 5.69 Å². The number of nitro groups is 1. The maximum absolute atomic E-state index is 11.3. The van der Waals surface area contributed by atoms with E-state index in [1.807, 2.05) is 30.3 Å². The summed E-state index contributed by atoms with van der Waals surface area (Å²) in [5.41, 5.74) is 1.30. The van der Waals surface area contributed by atoms with Gasteiger partial charge in [0.2, 0.25) is 0 Å². The molecule has 3 aliphatic heterocycles. The topological polar surface area (TPSA) is 61.7 Å². The van der Waals surface area contributed by atoms with Crippen LogP contribution in [0.2, 0.25) is 0 Å². The van der Waals surface area contributed by atoms with Gasteiger partial charge in [-0.3, -0.25) is 15.0 Å². The van der Waals surface area contributed by atoms with Crippen molar-refractivity contribution in [3.63, 3.8) is 0 Å². The van der Waals surface area contributed by atoms with E-state index in [1.54, 1.807) is 6.07 Å². The Balaban J connectivity index is 1.57. The molecular formula is C17H18N4O2. The van der Waals surface area contributed by atoms with Crippen molar-refractivity contribution in [3.8, 4) is 0 Å². The van der Waals surface area contributed by atoms with Crippen LogP contribution in [0, 0.1) is 10.1 Å². The largest absolute Gasteiger partial charge is 0.356 e. The summed E-state index contributed by atoms with van der Waals surface area (Å²) in [6, 6.07) is 13.1. The minimum Gasteiger partial charge on any atom is -0.356 e. The Bertz CT molecular complexity index is 790. The first-order valence-electron chi connectivity index (χ1n) is 8.12. The number of nitrogens with zero attached hydrogens (tertiary/aromatic N) is 3. The molecule has 3 atom stereocenters. The van der Waals surface area contributed by atoms with Gasteiger partial charge >= 0.3 is 0 Å². The number of anilines is 1. The highest BCUT2D eigenvalue weighted by Gasteiger charge is 2.50. The second-order valence-corrected chi connectivity index (χ2v) is 6.76. The lowest BCUT2D eigenvalue weighted by Gasteiger charge is -2.27. The molecule has 0 radical (unpaired) electrons. The zero-order valence-corrected chi connectivity index (χ0v) is 12.7. The van der Waals surface area contributed by atoms with Crippen LogP contribution < -0.4 is 10.2 Å². The number of rotatable bonds is 2. The average Bonchev–Trinajstić information content (AvgIpc) is 3.26.